The van der Waals surface area contributed by atoms with E-state index in [1.54, 1.807) is 0 Å². The third-order valence-corrected chi connectivity index (χ3v) is 9.55. The van der Waals surface area contributed by atoms with Crippen LogP contribution in [0.5, 0.6) is 0 Å². The molecule has 2 N–H and O–H groups in total. The molecular weight excluding hydrogens is 835 g/mol. The summed E-state index contributed by atoms with van der Waals surface area (Å²) in [5.74, 6) is -36.6. The summed E-state index contributed by atoms with van der Waals surface area (Å²) in [6, 6.07) is 4.00. The number of rotatable bonds is 4. The number of nitrogens with zero attached hydrogens (tertiary/aromatic N) is 3. The third-order valence-electron chi connectivity index (χ3n) is 9.55. The first-order valence-corrected chi connectivity index (χ1v) is 16.7. The molecule has 306 valence electrons. The highest BCUT2D eigenvalue weighted by atomic mass is 19.2. The first-order valence-electron chi connectivity index (χ1n) is 16.7. The molecule has 0 spiro atoms. The molecule has 2 aliphatic rings. The van der Waals surface area contributed by atoms with Gasteiger partial charge in [-0.25, -0.2) is 75.8 Å². The Morgan fingerprint density at radius 1 is 0.317 bits per heavy atom. The minimum Gasteiger partial charge on any atom is -0.374 e. The van der Waals surface area contributed by atoms with E-state index in [2.05, 4.69) is 19.9 Å². The topological polar surface area (TPSA) is 60.6 Å². The molecule has 8 rings (SSSR count). The Kier molecular flexibility index (Phi) is 9.35. The molecule has 60 heavy (non-hydrogen) atoms. The van der Waals surface area contributed by atoms with E-state index in [-0.39, 0.29) is 16.9 Å². The van der Waals surface area contributed by atoms with Crippen LogP contribution in [0.15, 0.2) is 24.3 Å². The van der Waals surface area contributed by atoms with Crippen LogP contribution < -0.4 is 4.90 Å². The Morgan fingerprint density at radius 2 is 0.550 bits per heavy atom. The highest BCUT2D eigenvalue weighted by Gasteiger charge is 2.33. The van der Waals surface area contributed by atoms with Crippen molar-refractivity contribution in [3.8, 4) is 33.4 Å². The molecule has 5 nitrogen and oxygen atoms in total. The molecule has 20 heteroatoms. The Hall–Kier alpha value is -6.99. The summed E-state index contributed by atoms with van der Waals surface area (Å²) in [4.78, 5) is 15.0. The quantitative estimate of drug-likeness (QED) is 0.105. The fraction of sp³-hybridized carbons (Fsp3) is 0.0500. The summed E-state index contributed by atoms with van der Waals surface area (Å²) in [6.07, 6.45) is 3.89. The van der Waals surface area contributed by atoms with Crippen molar-refractivity contribution in [3.05, 3.63) is 134 Å². The van der Waals surface area contributed by atoms with Crippen LogP contribution in [0.25, 0.3) is 79.8 Å². The minimum absolute atomic E-state index is 0.0338. The van der Waals surface area contributed by atoms with E-state index in [0.717, 1.165) is 36.4 Å². The smallest absolute Gasteiger partial charge is 0.200 e. The van der Waals surface area contributed by atoms with Crippen molar-refractivity contribution in [3.63, 3.8) is 0 Å². The molecule has 0 atom stereocenters. The SMILES string of the molecule is CN(C)c1c2nc(c(-c3c(F)c(F)c(F)c(F)c3F)c3ccc([nH]3)c(-c3c(F)c(F)c(F)c(F)c3F)c3nc(c(-c4c(F)c(F)c(F)c(F)c4F)c4ccc1[nH]4)C=C3)C=C2. The fourth-order valence-electron chi connectivity index (χ4n) is 6.92. The number of benzene rings is 3. The lowest BCUT2D eigenvalue weighted by Crippen LogP contribution is -2.10. The molecule has 0 radical (unpaired) electrons. The molecule has 0 aliphatic carbocycles. The van der Waals surface area contributed by atoms with E-state index in [4.69, 9.17) is 0 Å². The molecule has 5 heterocycles. The van der Waals surface area contributed by atoms with E-state index < -0.39 is 154 Å². The predicted molar refractivity (Wildman–Crippen MR) is 189 cm³/mol. The van der Waals surface area contributed by atoms with Crippen molar-refractivity contribution >= 4 is 52.1 Å². The average molecular weight is 852 g/mol. The van der Waals surface area contributed by atoms with Crippen LogP contribution in [0.2, 0.25) is 0 Å². The van der Waals surface area contributed by atoms with Gasteiger partial charge in [-0.3, -0.25) is 0 Å². The van der Waals surface area contributed by atoms with E-state index in [1.807, 2.05) is 0 Å². The van der Waals surface area contributed by atoms with Gasteiger partial charge in [0.15, 0.2) is 69.8 Å². The summed E-state index contributed by atoms with van der Waals surface area (Å²) in [5, 5.41) is 0. The van der Waals surface area contributed by atoms with Crippen molar-refractivity contribution in [2.24, 2.45) is 0 Å². The van der Waals surface area contributed by atoms with Crippen LogP contribution in [0, 0.1) is 87.3 Å². The van der Waals surface area contributed by atoms with Crippen molar-refractivity contribution < 1.29 is 65.9 Å². The Bertz CT molecular complexity index is 2990. The predicted octanol–water partition coefficient (Wildman–Crippen LogP) is 11.8. The number of aromatic nitrogens is 4. The Balaban J connectivity index is 1.67. The molecule has 0 fully saturated rings. The molecule has 0 saturated heterocycles. The highest BCUT2D eigenvalue weighted by molar-refractivity contribution is 5.99. The number of fused-ring (bicyclic) bond motifs is 8. The van der Waals surface area contributed by atoms with Gasteiger partial charge in [0.25, 0.3) is 0 Å². The normalized spacial score (nSPS) is 12.3. The number of halogens is 15. The van der Waals surface area contributed by atoms with E-state index >= 15 is 26.3 Å². The summed E-state index contributed by atoms with van der Waals surface area (Å²) >= 11 is 0. The summed E-state index contributed by atoms with van der Waals surface area (Å²) in [6.45, 7) is 0. The lowest BCUT2D eigenvalue weighted by atomic mass is 10.0. The van der Waals surface area contributed by atoms with Gasteiger partial charge in [0.05, 0.1) is 50.7 Å². The number of nitrogens with one attached hydrogen (secondary N) is 2. The standard InChI is InChI=1S/C40H16F15N5/c1-60(2)40-17-9-7-15(58-17)20(23-27(43)33(49)38(54)34(50)28(23)44)13-5-3-11(56-13)19(22-25(41)31(47)37(53)32(48)26(22)42)12-4-6-14(57-12)21(16-8-10-18(40)59-16)24-29(45)35(51)39(55)36(52)30(24)46/h3-10,56,59H,1-2H3. The van der Waals surface area contributed by atoms with Gasteiger partial charge < -0.3 is 14.9 Å². The van der Waals surface area contributed by atoms with Crippen LogP contribution in [0.1, 0.15) is 22.8 Å². The lowest BCUT2D eigenvalue weighted by Gasteiger charge is -2.14. The minimum atomic E-state index is -2.61. The zero-order valence-corrected chi connectivity index (χ0v) is 29.6. The van der Waals surface area contributed by atoms with Crippen LogP contribution >= 0.6 is 0 Å². The zero-order chi connectivity index (χ0) is 43.4. The van der Waals surface area contributed by atoms with Gasteiger partial charge in [-0.1, -0.05) is 0 Å². The molecule has 3 aromatic carbocycles. The monoisotopic (exact) mass is 851 g/mol. The van der Waals surface area contributed by atoms with Gasteiger partial charge in [0.1, 0.15) is 0 Å². The summed E-state index contributed by atoms with van der Waals surface area (Å²) in [7, 11) is 2.90. The third kappa shape index (κ3) is 5.75. The Labute approximate surface area is 324 Å². The average Bonchev–Trinajstić information content (AvgIpc) is 4.07. The van der Waals surface area contributed by atoms with Gasteiger partial charge in [0, 0.05) is 47.3 Å². The number of H-pyrrole nitrogens is 2. The van der Waals surface area contributed by atoms with Crippen LogP contribution in [-0.2, 0) is 0 Å². The van der Waals surface area contributed by atoms with Crippen LogP contribution in [0.3, 0.4) is 0 Å². The number of anilines is 1. The van der Waals surface area contributed by atoms with E-state index in [1.165, 1.54) is 31.1 Å². The summed E-state index contributed by atoms with van der Waals surface area (Å²) < 4.78 is 225. The molecular formula is C40H16F15N5. The lowest BCUT2D eigenvalue weighted by molar-refractivity contribution is 0.381. The van der Waals surface area contributed by atoms with Gasteiger partial charge >= 0.3 is 0 Å². The number of hydrogen-bond acceptors (Lipinski definition) is 3. The van der Waals surface area contributed by atoms with E-state index in [0.29, 0.717) is 0 Å². The maximum Gasteiger partial charge on any atom is 0.200 e. The zero-order valence-electron chi connectivity index (χ0n) is 29.6. The van der Waals surface area contributed by atoms with E-state index in [9.17, 15) is 39.5 Å². The van der Waals surface area contributed by atoms with Gasteiger partial charge in [-0.2, -0.15) is 0 Å². The van der Waals surface area contributed by atoms with Gasteiger partial charge in [-0.05, 0) is 48.6 Å². The summed E-state index contributed by atoms with van der Waals surface area (Å²) in [5.41, 5.74) is -11.6. The van der Waals surface area contributed by atoms with Gasteiger partial charge in [-0.15, -0.1) is 0 Å². The fourth-order valence-corrected chi connectivity index (χ4v) is 6.92. The molecule has 6 aromatic rings. The number of hydrogen-bond donors (Lipinski definition) is 2. The van der Waals surface area contributed by atoms with Crippen molar-refractivity contribution in [1.82, 2.24) is 19.9 Å². The largest absolute Gasteiger partial charge is 0.374 e. The van der Waals surface area contributed by atoms with Crippen LogP contribution in [0.4, 0.5) is 71.5 Å². The first kappa shape index (κ1) is 39.8. The second kappa shape index (κ2) is 14.1. The molecule has 2 aliphatic heterocycles. The maximum absolute atomic E-state index is 15.7. The molecule has 0 amide bonds. The van der Waals surface area contributed by atoms with Crippen LogP contribution in [-0.4, -0.2) is 34.0 Å². The molecule has 0 unspecified atom stereocenters. The second-order valence-electron chi connectivity index (χ2n) is 13.2. The first-order chi connectivity index (χ1) is 28.3. The second-order valence-corrected chi connectivity index (χ2v) is 13.2. The molecule has 8 bridgehead atoms. The van der Waals surface area contributed by atoms with Gasteiger partial charge in [0.2, 0.25) is 17.5 Å². The Morgan fingerprint density at radius 3 is 0.850 bits per heavy atom. The van der Waals surface area contributed by atoms with Crippen molar-refractivity contribution in [1.29, 1.82) is 0 Å². The van der Waals surface area contributed by atoms with Crippen molar-refractivity contribution in [2.45, 2.75) is 0 Å². The number of aromatic amines is 2. The molecule has 0 saturated carbocycles. The van der Waals surface area contributed by atoms with Crippen molar-refractivity contribution in [2.75, 3.05) is 19.0 Å². The molecule has 3 aromatic heterocycles. The highest BCUT2D eigenvalue weighted by Crippen LogP contribution is 2.43. The maximum atomic E-state index is 15.7.